The highest BCUT2D eigenvalue weighted by molar-refractivity contribution is 5.92. The predicted molar refractivity (Wildman–Crippen MR) is 216 cm³/mol. The van der Waals surface area contributed by atoms with Gasteiger partial charge in [-0.2, -0.15) is 0 Å². The van der Waals surface area contributed by atoms with Crippen LogP contribution in [0.1, 0.15) is 43.2 Å². The van der Waals surface area contributed by atoms with Crippen LogP contribution in [0.2, 0.25) is 0 Å². The Morgan fingerprint density at radius 1 is 0.491 bits per heavy atom. The van der Waals surface area contributed by atoms with Gasteiger partial charge in [-0.1, -0.05) is 121 Å². The second-order valence-electron chi connectivity index (χ2n) is 16.1. The zero-order valence-corrected chi connectivity index (χ0v) is 30.3. The Balaban J connectivity index is 0.979. The summed E-state index contributed by atoms with van der Waals surface area (Å²) in [5, 5.41) is 0. The second kappa shape index (κ2) is 12.4. The number of aromatic nitrogens is 3. The van der Waals surface area contributed by atoms with Crippen LogP contribution in [0.3, 0.4) is 0 Å². The fourth-order valence-electron chi connectivity index (χ4n) is 11.2. The first-order valence-electron chi connectivity index (χ1n) is 19.5. The third-order valence-electron chi connectivity index (χ3n) is 13.2. The summed E-state index contributed by atoms with van der Waals surface area (Å²) >= 11 is 0. The summed E-state index contributed by atoms with van der Waals surface area (Å²) in [6, 6.07) is 46.5. The normalized spacial score (nSPS) is 22.7. The maximum atomic E-state index is 16.3. The van der Waals surface area contributed by atoms with Gasteiger partial charge < -0.3 is 0 Å². The molecule has 0 saturated heterocycles. The molecule has 264 valence electrons. The molecule has 1 aromatic heterocycles. The molecule has 6 aromatic carbocycles. The molecule has 0 atom stereocenters. The standard InChI is InChI=1S/C50H37FN4/c1-52-45-17-9-16-42-46(45)41-21-18-35(28-43(41)50(42)38-23-30-22-31(25-38)26-39(50)24-30)34-14-8-15-36(27-34)40-20-19-37(29-44(40)51)49-54-47(32-10-4-2-5-11-32)53-48(55-49)33-12-6-3-7-13-33/h2-21,27-31,38-39H,22-26H2. The van der Waals surface area contributed by atoms with Crippen molar-refractivity contribution < 1.29 is 4.39 Å². The van der Waals surface area contributed by atoms with Crippen molar-refractivity contribution in [3.63, 3.8) is 0 Å². The quantitative estimate of drug-likeness (QED) is 0.167. The Morgan fingerprint density at radius 2 is 1.04 bits per heavy atom. The maximum Gasteiger partial charge on any atom is 0.195 e. The summed E-state index contributed by atoms with van der Waals surface area (Å²) in [6.45, 7) is 8.09. The Kier molecular flexibility index (Phi) is 7.26. The van der Waals surface area contributed by atoms with Crippen molar-refractivity contribution in [3.05, 3.63) is 168 Å². The maximum absolute atomic E-state index is 16.3. The van der Waals surface area contributed by atoms with E-state index in [4.69, 9.17) is 21.5 Å². The largest absolute Gasteiger partial charge is 0.238 e. The van der Waals surface area contributed by atoms with Gasteiger partial charge in [0.1, 0.15) is 5.82 Å². The van der Waals surface area contributed by atoms with Crippen LogP contribution in [0, 0.1) is 36.1 Å². The van der Waals surface area contributed by atoms with Gasteiger partial charge in [0.25, 0.3) is 0 Å². The molecule has 12 rings (SSSR count). The number of hydrogen-bond donors (Lipinski definition) is 0. The summed E-state index contributed by atoms with van der Waals surface area (Å²) < 4.78 is 16.3. The summed E-state index contributed by atoms with van der Waals surface area (Å²) in [6.07, 6.45) is 6.54. The molecule has 0 radical (unpaired) electrons. The highest BCUT2D eigenvalue weighted by Gasteiger charge is 2.61. The van der Waals surface area contributed by atoms with E-state index in [0.717, 1.165) is 50.9 Å². The average molecular weight is 713 g/mol. The van der Waals surface area contributed by atoms with E-state index in [2.05, 4.69) is 47.3 Å². The highest BCUT2D eigenvalue weighted by atomic mass is 19.1. The van der Waals surface area contributed by atoms with Crippen molar-refractivity contribution in [1.29, 1.82) is 0 Å². The summed E-state index contributed by atoms with van der Waals surface area (Å²) in [7, 11) is 0. The first-order chi connectivity index (χ1) is 27.1. The molecule has 4 fully saturated rings. The zero-order valence-electron chi connectivity index (χ0n) is 30.3. The van der Waals surface area contributed by atoms with Crippen LogP contribution >= 0.6 is 0 Å². The van der Waals surface area contributed by atoms with E-state index in [1.165, 1.54) is 48.8 Å². The SMILES string of the molecule is [C-]#[N+]c1cccc2c1-c1ccc(-c3cccc(-c4ccc(-c5nc(-c6ccccc6)nc(-c6ccccc6)n5)cc4F)c3)cc1C21C2CC3CC(C2)CC1C3. The second-order valence-corrected chi connectivity index (χ2v) is 16.1. The monoisotopic (exact) mass is 712 g/mol. The average Bonchev–Trinajstić information content (AvgIpc) is 3.53. The van der Waals surface area contributed by atoms with Crippen molar-refractivity contribution in [3.8, 4) is 67.5 Å². The van der Waals surface area contributed by atoms with Crippen LogP contribution in [0.15, 0.2) is 140 Å². The molecule has 5 aliphatic carbocycles. The Bertz CT molecular complexity index is 2610. The molecule has 5 heteroatoms. The number of benzene rings is 6. The van der Waals surface area contributed by atoms with Crippen LogP contribution in [0.5, 0.6) is 0 Å². The van der Waals surface area contributed by atoms with Crippen molar-refractivity contribution in [2.24, 2.45) is 23.7 Å². The first-order valence-corrected chi connectivity index (χ1v) is 19.5. The molecule has 4 saturated carbocycles. The van der Waals surface area contributed by atoms with Gasteiger partial charge >= 0.3 is 0 Å². The van der Waals surface area contributed by atoms with Crippen LogP contribution in [-0.4, -0.2) is 15.0 Å². The van der Waals surface area contributed by atoms with Gasteiger partial charge in [-0.05, 0) is 113 Å². The van der Waals surface area contributed by atoms with E-state index in [1.807, 2.05) is 91.0 Å². The molecular weight excluding hydrogens is 676 g/mol. The Morgan fingerprint density at radius 3 is 1.67 bits per heavy atom. The van der Waals surface area contributed by atoms with E-state index in [9.17, 15) is 0 Å². The van der Waals surface area contributed by atoms with E-state index in [-0.39, 0.29) is 11.2 Å². The topological polar surface area (TPSA) is 43.0 Å². The molecule has 4 nitrogen and oxygen atoms in total. The van der Waals surface area contributed by atoms with Crippen molar-refractivity contribution in [2.75, 3.05) is 0 Å². The van der Waals surface area contributed by atoms with Gasteiger partial charge in [0.05, 0.1) is 6.57 Å². The number of rotatable bonds is 5. The Labute approximate surface area is 320 Å². The smallest absolute Gasteiger partial charge is 0.195 e. The molecule has 55 heavy (non-hydrogen) atoms. The van der Waals surface area contributed by atoms with E-state index in [1.54, 1.807) is 6.07 Å². The minimum absolute atomic E-state index is 0.0376. The Hall–Kier alpha value is -6.25. The lowest BCUT2D eigenvalue weighted by Crippen LogP contribution is -2.55. The number of nitrogens with zero attached hydrogens (tertiary/aromatic N) is 4. The van der Waals surface area contributed by atoms with Gasteiger partial charge in [-0.15, -0.1) is 0 Å². The predicted octanol–water partition coefficient (Wildman–Crippen LogP) is 12.6. The third kappa shape index (κ3) is 4.97. The molecule has 1 heterocycles. The lowest BCUT2D eigenvalue weighted by molar-refractivity contribution is -0.0399. The molecular formula is C50H37FN4. The van der Waals surface area contributed by atoms with E-state index in [0.29, 0.717) is 40.4 Å². The molecule has 1 spiro atoms. The molecule has 7 aromatic rings. The summed E-state index contributed by atoms with van der Waals surface area (Å²) in [5.74, 6) is 4.07. The zero-order chi connectivity index (χ0) is 36.7. The lowest BCUT2D eigenvalue weighted by atomic mass is 9.43. The minimum Gasteiger partial charge on any atom is -0.238 e. The van der Waals surface area contributed by atoms with Gasteiger partial charge in [-0.3, -0.25) is 0 Å². The van der Waals surface area contributed by atoms with E-state index < -0.39 is 0 Å². The van der Waals surface area contributed by atoms with Crippen molar-refractivity contribution in [1.82, 2.24) is 15.0 Å². The summed E-state index contributed by atoms with van der Waals surface area (Å²) in [5.41, 5.74) is 11.8. The van der Waals surface area contributed by atoms with Crippen molar-refractivity contribution in [2.45, 2.75) is 37.5 Å². The van der Waals surface area contributed by atoms with Crippen LogP contribution in [0.4, 0.5) is 10.1 Å². The van der Waals surface area contributed by atoms with Gasteiger partial charge in [-0.25, -0.2) is 24.2 Å². The number of hydrogen-bond acceptors (Lipinski definition) is 3. The fourth-order valence-corrected chi connectivity index (χ4v) is 11.2. The fraction of sp³-hybridized carbons (Fsp3) is 0.200. The molecule has 5 aliphatic rings. The molecule has 0 unspecified atom stereocenters. The van der Waals surface area contributed by atoms with Crippen LogP contribution in [0.25, 0.3) is 72.4 Å². The minimum atomic E-state index is -0.332. The van der Waals surface area contributed by atoms with E-state index >= 15 is 4.39 Å². The number of halogens is 1. The van der Waals surface area contributed by atoms with Gasteiger partial charge in [0.15, 0.2) is 23.2 Å². The van der Waals surface area contributed by atoms with Crippen molar-refractivity contribution >= 4 is 5.69 Å². The third-order valence-corrected chi connectivity index (χ3v) is 13.2. The van der Waals surface area contributed by atoms with Crippen LogP contribution in [-0.2, 0) is 5.41 Å². The molecule has 0 N–H and O–H groups in total. The molecule has 0 aliphatic heterocycles. The molecule has 4 bridgehead atoms. The number of fused-ring (bicyclic) bond motifs is 3. The molecule has 0 amide bonds. The van der Waals surface area contributed by atoms with Crippen LogP contribution < -0.4 is 0 Å². The lowest BCUT2D eigenvalue weighted by Gasteiger charge is -2.61. The summed E-state index contributed by atoms with van der Waals surface area (Å²) in [4.78, 5) is 18.4. The highest BCUT2D eigenvalue weighted by Crippen LogP contribution is 2.70. The van der Waals surface area contributed by atoms with Gasteiger partial charge in [0, 0.05) is 27.7 Å². The first kappa shape index (κ1) is 32.2. The van der Waals surface area contributed by atoms with Gasteiger partial charge in [0.2, 0.25) is 0 Å².